The summed E-state index contributed by atoms with van der Waals surface area (Å²) in [5.41, 5.74) is 1.16. The second-order valence-corrected chi connectivity index (χ2v) is 4.42. The molecule has 0 radical (unpaired) electrons. The largest absolute Gasteiger partial charge is 0.496 e. The van der Waals surface area contributed by atoms with Crippen LogP contribution in [-0.4, -0.2) is 23.7 Å². The summed E-state index contributed by atoms with van der Waals surface area (Å²) < 4.78 is 7.60. The zero-order chi connectivity index (χ0) is 13.7. The topological polar surface area (TPSA) is 39.1 Å². The van der Waals surface area contributed by atoms with Crippen molar-refractivity contribution in [2.75, 3.05) is 14.2 Å². The molecule has 2 aromatic rings. The highest BCUT2D eigenvalue weighted by Gasteiger charge is 2.16. The molecule has 19 heavy (non-hydrogen) atoms. The van der Waals surface area contributed by atoms with E-state index in [2.05, 4.69) is 27.9 Å². The highest BCUT2D eigenvalue weighted by Crippen LogP contribution is 2.26. The number of benzene rings is 1. The number of ether oxygens (including phenoxy) is 1. The van der Waals surface area contributed by atoms with E-state index in [-0.39, 0.29) is 6.04 Å². The molecule has 0 fully saturated rings. The van der Waals surface area contributed by atoms with Crippen LogP contribution in [0.4, 0.5) is 0 Å². The van der Waals surface area contributed by atoms with E-state index in [1.54, 1.807) is 7.11 Å². The van der Waals surface area contributed by atoms with Gasteiger partial charge in [-0.15, -0.1) is 0 Å². The van der Waals surface area contributed by atoms with Crippen molar-refractivity contribution in [2.24, 2.45) is 0 Å². The molecule has 1 N–H and O–H groups in total. The summed E-state index contributed by atoms with van der Waals surface area (Å²) in [7, 11) is 3.68. The monoisotopic (exact) mass is 259 g/mol. The number of nitrogens with one attached hydrogen (secondary N) is 1. The van der Waals surface area contributed by atoms with Crippen LogP contribution in [-0.2, 0) is 13.0 Å². The molecule has 102 valence electrons. The van der Waals surface area contributed by atoms with Crippen LogP contribution in [0.5, 0.6) is 5.75 Å². The number of aromatic nitrogens is 2. The number of hydrogen-bond donors (Lipinski definition) is 1. The minimum absolute atomic E-state index is 0.198. The zero-order valence-electron chi connectivity index (χ0n) is 11.8. The Bertz CT molecular complexity index is 522. The fraction of sp³-hybridized carbons (Fsp3) is 0.400. The van der Waals surface area contributed by atoms with Gasteiger partial charge in [-0.3, -0.25) is 0 Å². The van der Waals surface area contributed by atoms with E-state index in [0.29, 0.717) is 0 Å². The van der Waals surface area contributed by atoms with Gasteiger partial charge in [-0.1, -0.05) is 18.2 Å². The van der Waals surface area contributed by atoms with Gasteiger partial charge in [0.2, 0.25) is 0 Å². The smallest absolute Gasteiger partial charge is 0.123 e. The first-order chi connectivity index (χ1) is 9.30. The molecular weight excluding hydrogens is 238 g/mol. The summed E-state index contributed by atoms with van der Waals surface area (Å²) in [5.74, 6) is 2.00. The molecule has 2 rings (SSSR count). The van der Waals surface area contributed by atoms with E-state index in [0.717, 1.165) is 30.1 Å². The molecule has 0 saturated heterocycles. The molecular formula is C15H21N3O. The van der Waals surface area contributed by atoms with Crippen molar-refractivity contribution in [3.8, 4) is 5.75 Å². The number of likely N-dealkylation sites (N-methyl/N-ethyl adjacent to an activating group) is 1. The summed E-state index contributed by atoms with van der Waals surface area (Å²) in [5, 5.41) is 3.35. The van der Waals surface area contributed by atoms with Gasteiger partial charge >= 0.3 is 0 Å². The molecule has 0 amide bonds. The molecule has 0 spiro atoms. The van der Waals surface area contributed by atoms with E-state index >= 15 is 0 Å². The van der Waals surface area contributed by atoms with Gasteiger partial charge in [-0.2, -0.15) is 0 Å². The van der Waals surface area contributed by atoms with Crippen molar-refractivity contribution in [1.29, 1.82) is 0 Å². The van der Waals surface area contributed by atoms with Crippen molar-refractivity contribution in [2.45, 2.75) is 25.9 Å². The first-order valence-corrected chi connectivity index (χ1v) is 6.60. The predicted molar refractivity (Wildman–Crippen MR) is 76.4 cm³/mol. The molecule has 1 aromatic heterocycles. The first kappa shape index (κ1) is 13.6. The third-order valence-electron chi connectivity index (χ3n) is 3.39. The Morgan fingerprint density at radius 1 is 1.37 bits per heavy atom. The molecule has 4 nitrogen and oxygen atoms in total. The van der Waals surface area contributed by atoms with Gasteiger partial charge in [0.1, 0.15) is 11.6 Å². The third kappa shape index (κ3) is 2.96. The van der Waals surface area contributed by atoms with Crippen LogP contribution in [0.25, 0.3) is 0 Å². The Hall–Kier alpha value is -1.81. The number of hydrogen-bond acceptors (Lipinski definition) is 3. The number of imidazole rings is 1. The maximum Gasteiger partial charge on any atom is 0.123 e. The van der Waals surface area contributed by atoms with Crippen molar-refractivity contribution < 1.29 is 4.74 Å². The SMILES string of the molecule is CCn1ccnc1CC(NC)c1ccccc1OC. The Morgan fingerprint density at radius 3 is 2.84 bits per heavy atom. The van der Waals surface area contributed by atoms with Gasteiger partial charge in [-0.25, -0.2) is 4.98 Å². The van der Waals surface area contributed by atoms with Crippen LogP contribution in [0.15, 0.2) is 36.7 Å². The van der Waals surface area contributed by atoms with Gasteiger partial charge < -0.3 is 14.6 Å². The van der Waals surface area contributed by atoms with Gasteiger partial charge in [-0.05, 0) is 20.0 Å². The molecule has 4 heteroatoms. The quantitative estimate of drug-likeness (QED) is 0.866. The van der Waals surface area contributed by atoms with Crippen LogP contribution in [0.1, 0.15) is 24.4 Å². The number of rotatable bonds is 6. The van der Waals surface area contributed by atoms with Gasteiger partial charge in [0, 0.05) is 37.0 Å². The lowest BCUT2D eigenvalue weighted by Gasteiger charge is -2.19. The van der Waals surface area contributed by atoms with E-state index in [4.69, 9.17) is 4.74 Å². The third-order valence-corrected chi connectivity index (χ3v) is 3.39. The zero-order valence-corrected chi connectivity index (χ0v) is 11.8. The predicted octanol–water partition coefficient (Wildman–Crippen LogP) is 2.41. The molecule has 1 unspecified atom stereocenters. The van der Waals surface area contributed by atoms with E-state index in [1.165, 1.54) is 0 Å². The highest BCUT2D eigenvalue weighted by molar-refractivity contribution is 5.36. The Morgan fingerprint density at radius 2 is 2.16 bits per heavy atom. The van der Waals surface area contributed by atoms with Crippen LogP contribution in [0.2, 0.25) is 0 Å². The van der Waals surface area contributed by atoms with Crippen molar-refractivity contribution in [1.82, 2.24) is 14.9 Å². The summed E-state index contributed by atoms with van der Waals surface area (Å²) >= 11 is 0. The first-order valence-electron chi connectivity index (χ1n) is 6.60. The average molecular weight is 259 g/mol. The van der Waals surface area contributed by atoms with E-state index < -0.39 is 0 Å². The minimum atomic E-state index is 0.198. The summed E-state index contributed by atoms with van der Waals surface area (Å²) in [6.45, 7) is 3.07. The number of methoxy groups -OCH3 is 1. The Balaban J connectivity index is 2.25. The van der Waals surface area contributed by atoms with Crippen LogP contribution >= 0.6 is 0 Å². The minimum Gasteiger partial charge on any atom is -0.496 e. The van der Waals surface area contributed by atoms with Crippen molar-refractivity contribution in [3.63, 3.8) is 0 Å². The number of nitrogens with zero attached hydrogens (tertiary/aromatic N) is 2. The van der Waals surface area contributed by atoms with E-state index in [1.807, 2.05) is 37.6 Å². The standard InChI is InChI=1S/C15H21N3O/c1-4-18-10-9-17-15(18)11-13(16-2)12-7-5-6-8-14(12)19-3/h5-10,13,16H,4,11H2,1-3H3. The molecule has 1 aromatic carbocycles. The molecule has 0 aliphatic carbocycles. The second-order valence-electron chi connectivity index (χ2n) is 4.42. The second kappa shape index (κ2) is 6.38. The maximum atomic E-state index is 5.44. The maximum absolute atomic E-state index is 5.44. The number of aryl methyl sites for hydroxylation is 1. The van der Waals surface area contributed by atoms with Gasteiger partial charge in [0.15, 0.2) is 0 Å². The Labute approximate surface area is 114 Å². The fourth-order valence-corrected chi connectivity index (χ4v) is 2.32. The molecule has 0 saturated carbocycles. The molecule has 0 bridgehead atoms. The van der Waals surface area contributed by atoms with Crippen LogP contribution < -0.4 is 10.1 Å². The summed E-state index contributed by atoms with van der Waals surface area (Å²) in [6.07, 6.45) is 4.72. The average Bonchev–Trinajstić information content (AvgIpc) is 2.92. The van der Waals surface area contributed by atoms with Crippen molar-refractivity contribution >= 4 is 0 Å². The Kier molecular flexibility index (Phi) is 4.58. The molecule has 0 aliphatic heterocycles. The fourth-order valence-electron chi connectivity index (χ4n) is 2.32. The summed E-state index contributed by atoms with van der Waals surface area (Å²) in [4.78, 5) is 4.44. The lowest BCUT2D eigenvalue weighted by molar-refractivity contribution is 0.400. The molecule has 0 aliphatic rings. The molecule has 1 heterocycles. The van der Waals surface area contributed by atoms with E-state index in [9.17, 15) is 0 Å². The van der Waals surface area contributed by atoms with Gasteiger partial charge in [0.25, 0.3) is 0 Å². The lowest BCUT2D eigenvalue weighted by Crippen LogP contribution is -2.21. The van der Waals surface area contributed by atoms with Crippen LogP contribution in [0.3, 0.4) is 0 Å². The normalized spacial score (nSPS) is 12.4. The number of para-hydroxylation sites is 1. The highest BCUT2D eigenvalue weighted by atomic mass is 16.5. The van der Waals surface area contributed by atoms with Gasteiger partial charge in [0.05, 0.1) is 7.11 Å². The van der Waals surface area contributed by atoms with Crippen LogP contribution in [0, 0.1) is 0 Å². The lowest BCUT2D eigenvalue weighted by atomic mass is 10.0. The molecule has 1 atom stereocenters. The van der Waals surface area contributed by atoms with Crippen molar-refractivity contribution in [3.05, 3.63) is 48.0 Å². The summed E-state index contributed by atoms with van der Waals surface area (Å²) in [6, 6.07) is 8.31.